The molecule has 0 radical (unpaired) electrons. The van der Waals surface area contributed by atoms with Crippen LogP contribution in [-0.2, 0) is 6.42 Å². The molecule has 138 valence electrons. The predicted octanol–water partition coefficient (Wildman–Crippen LogP) is 2.97. The maximum absolute atomic E-state index is 12.7. The minimum atomic E-state index is -0.271. The number of nitrogens with one attached hydrogen (secondary N) is 1. The molecule has 6 heteroatoms. The van der Waals surface area contributed by atoms with Crippen molar-refractivity contribution < 1.29 is 9.21 Å². The van der Waals surface area contributed by atoms with E-state index in [0.717, 1.165) is 18.6 Å². The van der Waals surface area contributed by atoms with Gasteiger partial charge in [0.25, 0.3) is 5.91 Å². The van der Waals surface area contributed by atoms with Gasteiger partial charge in [0.15, 0.2) is 5.89 Å². The standard InChI is InChI=1S/C21H21N3O3/c25-19-10-4-9-18(23-19)21(26)24-11-5-8-16(14-24)20-22-13-17(27-20)12-15-6-2-1-3-7-15/h1-4,6-7,9-10,13,16H,5,8,11-12,14H2,(H,23,25)/t16-/m1/s1. The molecule has 4 rings (SSSR count). The van der Waals surface area contributed by atoms with E-state index in [1.807, 2.05) is 18.2 Å². The number of amides is 1. The van der Waals surface area contributed by atoms with Gasteiger partial charge in [-0.15, -0.1) is 0 Å². The first-order valence-electron chi connectivity index (χ1n) is 9.16. The molecule has 3 aromatic rings. The second-order valence-corrected chi connectivity index (χ2v) is 6.85. The summed E-state index contributed by atoms with van der Waals surface area (Å²) in [7, 11) is 0. The Morgan fingerprint density at radius 2 is 2.04 bits per heavy atom. The van der Waals surface area contributed by atoms with Gasteiger partial charge in [-0.3, -0.25) is 9.59 Å². The lowest BCUT2D eigenvalue weighted by Crippen LogP contribution is -2.40. The normalized spacial score (nSPS) is 17.0. The van der Waals surface area contributed by atoms with Gasteiger partial charge in [0, 0.05) is 25.6 Å². The minimum Gasteiger partial charge on any atom is -0.445 e. The topological polar surface area (TPSA) is 79.2 Å². The van der Waals surface area contributed by atoms with Crippen LogP contribution in [0, 0.1) is 0 Å². The van der Waals surface area contributed by atoms with Gasteiger partial charge >= 0.3 is 0 Å². The highest BCUT2D eigenvalue weighted by molar-refractivity contribution is 5.92. The van der Waals surface area contributed by atoms with Crippen LogP contribution in [0.5, 0.6) is 0 Å². The van der Waals surface area contributed by atoms with Crippen molar-refractivity contribution in [3.63, 3.8) is 0 Å². The number of H-pyrrole nitrogens is 1. The number of oxazole rings is 1. The van der Waals surface area contributed by atoms with Crippen molar-refractivity contribution in [1.82, 2.24) is 14.9 Å². The van der Waals surface area contributed by atoms with Crippen molar-refractivity contribution in [3.05, 3.63) is 88.0 Å². The zero-order valence-corrected chi connectivity index (χ0v) is 14.9. The highest BCUT2D eigenvalue weighted by Crippen LogP contribution is 2.27. The van der Waals surface area contributed by atoms with Crippen LogP contribution in [0.4, 0.5) is 0 Å². The van der Waals surface area contributed by atoms with E-state index < -0.39 is 0 Å². The SMILES string of the molecule is O=C(c1cccc(=O)[nH]1)N1CCC[C@@H](c2ncc(Cc3ccccc3)o2)C1. The van der Waals surface area contributed by atoms with Crippen molar-refractivity contribution in [2.24, 2.45) is 0 Å². The maximum atomic E-state index is 12.7. The number of likely N-dealkylation sites (tertiary alicyclic amines) is 1. The zero-order valence-electron chi connectivity index (χ0n) is 14.9. The first-order chi connectivity index (χ1) is 13.2. The molecule has 1 saturated heterocycles. The third-order valence-corrected chi connectivity index (χ3v) is 4.85. The van der Waals surface area contributed by atoms with Gasteiger partial charge in [0.2, 0.25) is 5.56 Å². The van der Waals surface area contributed by atoms with Gasteiger partial charge in [-0.25, -0.2) is 4.98 Å². The number of rotatable bonds is 4. The van der Waals surface area contributed by atoms with Crippen LogP contribution in [-0.4, -0.2) is 33.9 Å². The van der Waals surface area contributed by atoms with Gasteiger partial charge in [0.05, 0.1) is 12.1 Å². The Balaban J connectivity index is 1.45. The number of nitrogens with zero attached hydrogens (tertiary/aromatic N) is 2. The van der Waals surface area contributed by atoms with Crippen molar-refractivity contribution in [2.75, 3.05) is 13.1 Å². The molecule has 0 aliphatic carbocycles. The molecule has 0 unspecified atom stereocenters. The molecular formula is C21H21N3O3. The quantitative estimate of drug-likeness (QED) is 0.773. The molecule has 6 nitrogen and oxygen atoms in total. The molecular weight excluding hydrogens is 342 g/mol. The molecule has 1 amide bonds. The molecule has 1 aliphatic heterocycles. The summed E-state index contributed by atoms with van der Waals surface area (Å²) in [5, 5.41) is 0. The number of piperidine rings is 1. The Labute approximate surface area is 156 Å². The van der Waals surface area contributed by atoms with E-state index in [-0.39, 0.29) is 17.4 Å². The van der Waals surface area contributed by atoms with E-state index in [9.17, 15) is 9.59 Å². The molecule has 1 aromatic carbocycles. The summed E-state index contributed by atoms with van der Waals surface area (Å²) in [5.41, 5.74) is 1.22. The van der Waals surface area contributed by atoms with Crippen LogP contribution in [0.3, 0.4) is 0 Å². The van der Waals surface area contributed by atoms with Gasteiger partial charge < -0.3 is 14.3 Å². The Morgan fingerprint density at radius 1 is 1.19 bits per heavy atom. The van der Waals surface area contributed by atoms with Crippen LogP contribution in [0.15, 0.2) is 63.9 Å². The number of carbonyl (C=O) groups excluding carboxylic acids is 1. The van der Waals surface area contributed by atoms with Crippen LogP contribution >= 0.6 is 0 Å². The third kappa shape index (κ3) is 4.00. The lowest BCUT2D eigenvalue weighted by molar-refractivity contribution is 0.0691. The summed E-state index contributed by atoms with van der Waals surface area (Å²) in [4.78, 5) is 33.0. The maximum Gasteiger partial charge on any atom is 0.270 e. The van der Waals surface area contributed by atoms with Crippen LogP contribution < -0.4 is 5.56 Å². The number of aromatic amines is 1. The number of hydrogen-bond donors (Lipinski definition) is 1. The lowest BCUT2D eigenvalue weighted by Gasteiger charge is -2.31. The Kier molecular flexibility index (Phi) is 4.87. The molecule has 2 aromatic heterocycles. The molecule has 1 atom stereocenters. The zero-order chi connectivity index (χ0) is 18.6. The fourth-order valence-electron chi connectivity index (χ4n) is 3.50. The van der Waals surface area contributed by atoms with Crippen LogP contribution in [0.1, 0.15) is 46.5 Å². The van der Waals surface area contributed by atoms with Crippen molar-refractivity contribution in [2.45, 2.75) is 25.2 Å². The molecule has 1 fully saturated rings. The van der Waals surface area contributed by atoms with Crippen molar-refractivity contribution in [3.8, 4) is 0 Å². The van der Waals surface area contributed by atoms with E-state index in [4.69, 9.17) is 4.42 Å². The Hall–Kier alpha value is -3.15. The van der Waals surface area contributed by atoms with Crippen LogP contribution in [0.2, 0.25) is 0 Å². The smallest absolute Gasteiger partial charge is 0.270 e. The minimum absolute atomic E-state index is 0.0719. The molecule has 0 spiro atoms. The summed E-state index contributed by atoms with van der Waals surface area (Å²) in [6, 6.07) is 14.7. The summed E-state index contributed by atoms with van der Waals surface area (Å²) < 4.78 is 5.97. The number of hydrogen-bond acceptors (Lipinski definition) is 4. The number of aromatic nitrogens is 2. The number of pyridine rings is 1. The van der Waals surface area contributed by atoms with Gasteiger partial charge in [-0.05, 0) is 24.5 Å². The summed E-state index contributed by atoms with van der Waals surface area (Å²) in [6.07, 6.45) is 4.29. The monoisotopic (exact) mass is 363 g/mol. The largest absolute Gasteiger partial charge is 0.445 e. The van der Waals surface area contributed by atoms with E-state index in [1.54, 1.807) is 23.2 Å². The highest BCUT2D eigenvalue weighted by atomic mass is 16.4. The van der Waals surface area contributed by atoms with Gasteiger partial charge in [-0.2, -0.15) is 0 Å². The average Bonchev–Trinajstić information content (AvgIpc) is 3.17. The van der Waals surface area contributed by atoms with E-state index in [2.05, 4.69) is 22.1 Å². The van der Waals surface area contributed by atoms with E-state index >= 15 is 0 Å². The third-order valence-electron chi connectivity index (χ3n) is 4.85. The molecule has 0 saturated carbocycles. The Bertz CT molecular complexity index is 977. The summed E-state index contributed by atoms with van der Waals surface area (Å²) >= 11 is 0. The fraction of sp³-hybridized carbons (Fsp3) is 0.286. The van der Waals surface area contributed by atoms with Gasteiger partial charge in [-0.1, -0.05) is 36.4 Å². The lowest BCUT2D eigenvalue weighted by atomic mass is 9.97. The van der Waals surface area contributed by atoms with Gasteiger partial charge in [0.1, 0.15) is 11.5 Å². The first-order valence-corrected chi connectivity index (χ1v) is 9.16. The van der Waals surface area contributed by atoms with Crippen LogP contribution in [0.25, 0.3) is 0 Å². The number of benzene rings is 1. The van der Waals surface area contributed by atoms with Crippen molar-refractivity contribution in [1.29, 1.82) is 0 Å². The molecule has 1 aliphatic rings. The molecule has 27 heavy (non-hydrogen) atoms. The van der Waals surface area contributed by atoms with E-state index in [0.29, 0.717) is 31.1 Å². The van der Waals surface area contributed by atoms with E-state index in [1.165, 1.54) is 11.6 Å². The first kappa shape index (κ1) is 17.3. The average molecular weight is 363 g/mol. The highest BCUT2D eigenvalue weighted by Gasteiger charge is 2.28. The Morgan fingerprint density at radius 3 is 2.85 bits per heavy atom. The number of carbonyl (C=O) groups is 1. The molecule has 1 N–H and O–H groups in total. The summed E-state index contributed by atoms with van der Waals surface area (Å²) in [6.45, 7) is 1.21. The molecule has 0 bridgehead atoms. The predicted molar refractivity (Wildman–Crippen MR) is 101 cm³/mol. The second kappa shape index (κ2) is 7.61. The second-order valence-electron chi connectivity index (χ2n) is 6.85. The van der Waals surface area contributed by atoms with Crippen molar-refractivity contribution >= 4 is 5.91 Å². The fourth-order valence-corrected chi connectivity index (χ4v) is 3.50. The summed E-state index contributed by atoms with van der Waals surface area (Å²) in [5.74, 6) is 1.42. The molecule has 3 heterocycles.